The fourth-order valence-electron chi connectivity index (χ4n) is 2.75. The summed E-state index contributed by atoms with van der Waals surface area (Å²) in [5.41, 5.74) is 2.63. The summed E-state index contributed by atoms with van der Waals surface area (Å²) in [5, 5.41) is 4.44. The Bertz CT molecular complexity index is 504. The molecule has 1 aliphatic heterocycles. The molecule has 1 aliphatic rings. The van der Waals surface area contributed by atoms with Crippen LogP contribution < -0.4 is 0 Å². The van der Waals surface area contributed by atoms with E-state index in [0.717, 1.165) is 32.7 Å². The average Bonchev–Trinajstić information content (AvgIpc) is 3.03. The molecule has 1 unspecified atom stereocenters. The molecule has 2 aromatic rings. The van der Waals surface area contributed by atoms with Crippen molar-refractivity contribution >= 4 is 11.3 Å². The normalized spacial score (nSPS) is 19.1. The molecule has 1 saturated heterocycles. The Morgan fingerprint density at radius 1 is 1.20 bits per heavy atom. The first-order valence-electron chi connectivity index (χ1n) is 7.21. The largest absolute Gasteiger partial charge is 0.295 e. The van der Waals surface area contributed by atoms with Gasteiger partial charge in [0.2, 0.25) is 0 Å². The predicted molar refractivity (Wildman–Crippen MR) is 83.8 cm³/mol. The van der Waals surface area contributed by atoms with E-state index in [9.17, 15) is 0 Å². The molecule has 0 radical (unpaired) electrons. The summed E-state index contributed by atoms with van der Waals surface area (Å²) >= 11 is 1.79. The van der Waals surface area contributed by atoms with Crippen LogP contribution in [-0.4, -0.2) is 41.0 Å². The first-order valence-corrected chi connectivity index (χ1v) is 8.15. The summed E-state index contributed by atoms with van der Waals surface area (Å²) < 4.78 is 0. The second kappa shape index (κ2) is 6.48. The van der Waals surface area contributed by atoms with Gasteiger partial charge in [-0.3, -0.25) is 14.8 Å². The van der Waals surface area contributed by atoms with Crippen molar-refractivity contribution in [2.24, 2.45) is 0 Å². The zero-order valence-electron chi connectivity index (χ0n) is 11.9. The Balaban J connectivity index is 1.52. The van der Waals surface area contributed by atoms with Gasteiger partial charge in [0, 0.05) is 45.0 Å². The van der Waals surface area contributed by atoms with E-state index in [0.29, 0.717) is 6.04 Å². The molecule has 4 heteroatoms. The van der Waals surface area contributed by atoms with Gasteiger partial charge in [0.25, 0.3) is 0 Å². The van der Waals surface area contributed by atoms with E-state index in [1.54, 1.807) is 11.3 Å². The van der Waals surface area contributed by atoms with E-state index in [4.69, 9.17) is 0 Å². The first kappa shape index (κ1) is 13.7. The van der Waals surface area contributed by atoms with E-state index in [2.05, 4.69) is 50.7 Å². The van der Waals surface area contributed by atoms with Crippen LogP contribution in [0.3, 0.4) is 0 Å². The van der Waals surface area contributed by atoms with Gasteiger partial charge in [-0.15, -0.1) is 0 Å². The maximum atomic E-state index is 4.41. The van der Waals surface area contributed by atoms with Crippen molar-refractivity contribution in [1.82, 2.24) is 14.8 Å². The molecule has 3 heterocycles. The number of thiophene rings is 1. The second-order valence-corrected chi connectivity index (χ2v) is 6.15. The summed E-state index contributed by atoms with van der Waals surface area (Å²) in [6.07, 6.45) is 1.88. The Hall–Kier alpha value is -1.23. The fourth-order valence-corrected chi connectivity index (χ4v) is 3.50. The monoisotopic (exact) mass is 287 g/mol. The van der Waals surface area contributed by atoms with Gasteiger partial charge in [-0.2, -0.15) is 11.3 Å². The van der Waals surface area contributed by atoms with Crippen molar-refractivity contribution in [3.8, 4) is 0 Å². The van der Waals surface area contributed by atoms with Gasteiger partial charge < -0.3 is 0 Å². The molecule has 1 fully saturated rings. The van der Waals surface area contributed by atoms with E-state index < -0.39 is 0 Å². The molecule has 20 heavy (non-hydrogen) atoms. The van der Waals surface area contributed by atoms with Crippen LogP contribution in [0.5, 0.6) is 0 Å². The Morgan fingerprint density at radius 2 is 2.05 bits per heavy atom. The smallest absolute Gasteiger partial charge is 0.0543 e. The molecule has 2 aromatic heterocycles. The summed E-state index contributed by atoms with van der Waals surface area (Å²) in [6, 6.07) is 8.94. The molecule has 3 rings (SSSR count). The number of hydrogen-bond donors (Lipinski definition) is 0. The van der Waals surface area contributed by atoms with Crippen LogP contribution in [-0.2, 0) is 6.54 Å². The zero-order valence-corrected chi connectivity index (χ0v) is 12.7. The molecule has 0 bridgehead atoms. The molecule has 0 spiro atoms. The number of rotatable bonds is 4. The predicted octanol–water partition coefficient (Wildman–Crippen LogP) is 3.02. The maximum Gasteiger partial charge on any atom is 0.0543 e. The molecular formula is C16H21N3S. The third-order valence-corrected chi connectivity index (χ3v) is 4.79. The lowest BCUT2D eigenvalue weighted by Gasteiger charge is -2.37. The standard InChI is InChI=1S/C16H21N3S/c1-14(15-5-11-20-13-15)19-9-7-18(8-10-19)12-16-4-2-3-6-17-16/h2-6,11,13-14H,7-10,12H2,1H3. The molecule has 106 valence electrons. The van der Waals surface area contributed by atoms with Crippen LogP contribution in [0.1, 0.15) is 24.2 Å². The van der Waals surface area contributed by atoms with Crippen molar-refractivity contribution in [3.05, 3.63) is 52.5 Å². The van der Waals surface area contributed by atoms with Crippen LogP contribution in [0.25, 0.3) is 0 Å². The summed E-state index contributed by atoms with van der Waals surface area (Å²) in [4.78, 5) is 9.49. The van der Waals surface area contributed by atoms with Crippen LogP contribution in [0.2, 0.25) is 0 Å². The van der Waals surface area contributed by atoms with E-state index in [1.807, 2.05) is 12.3 Å². The van der Waals surface area contributed by atoms with Gasteiger partial charge in [-0.1, -0.05) is 6.07 Å². The van der Waals surface area contributed by atoms with Gasteiger partial charge in [0.15, 0.2) is 0 Å². The Labute approximate surface area is 124 Å². The molecule has 0 N–H and O–H groups in total. The van der Waals surface area contributed by atoms with Crippen LogP contribution >= 0.6 is 11.3 Å². The highest BCUT2D eigenvalue weighted by atomic mass is 32.1. The topological polar surface area (TPSA) is 19.4 Å². The summed E-state index contributed by atoms with van der Waals surface area (Å²) in [6.45, 7) is 7.84. The quantitative estimate of drug-likeness (QED) is 0.861. The number of pyridine rings is 1. The van der Waals surface area contributed by atoms with E-state index >= 15 is 0 Å². The zero-order chi connectivity index (χ0) is 13.8. The third kappa shape index (κ3) is 3.26. The highest BCUT2D eigenvalue weighted by Crippen LogP contribution is 2.23. The highest BCUT2D eigenvalue weighted by molar-refractivity contribution is 7.07. The molecule has 1 atom stereocenters. The SMILES string of the molecule is CC(c1ccsc1)N1CCN(Cc2ccccn2)CC1. The Morgan fingerprint density at radius 3 is 2.70 bits per heavy atom. The first-order chi connectivity index (χ1) is 9.83. The van der Waals surface area contributed by atoms with Gasteiger partial charge in [-0.05, 0) is 41.4 Å². The highest BCUT2D eigenvalue weighted by Gasteiger charge is 2.22. The molecule has 0 aromatic carbocycles. The summed E-state index contributed by atoms with van der Waals surface area (Å²) in [7, 11) is 0. The van der Waals surface area contributed by atoms with Crippen molar-refractivity contribution in [1.29, 1.82) is 0 Å². The van der Waals surface area contributed by atoms with Crippen molar-refractivity contribution < 1.29 is 0 Å². The number of aromatic nitrogens is 1. The lowest BCUT2D eigenvalue weighted by atomic mass is 10.1. The molecule has 3 nitrogen and oxygen atoms in total. The molecule has 0 aliphatic carbocycles. The minimum Gasteiger partial charge on any atom is -0.295 e. The number of nitrogens with zero attached hydrogens (tertiary/aromatic N) is 3. The van der Waals surface area contributed by atoms with Gasteiger partial charge in [0.1, 0.15) is 0 Å². The van der Waals surface area contributed by atoms with Crippen molar-refractivity contribution in [2.45, 2.75) is 19.5 Å². The minimum absolute atomic E-state index is 0.540. The average molecular weight is 287 g/mol. The number of hydrogen-bond acceptors (Lipinski definition) is 4. The van der Waals surface area contributed by atoms with Crippen LogP contribution in [0, 0.1) is 0 Å². The minimum atomic E-state index is 0.540. The fraction of sp³-hybridized carbons (Fsp3) is 0.438. The maximum absolute atomic E-state index is 4.41. The molecule has 0 saturated carbocycles. The molecular weight excluding hydrogens is 266 g/mol. The van der Waals surface area contributed by atoms with E-state index in [-0.39, 0.29) is 0 Å². The van der Waals surface area contributed by atoms with Crippen molar-refractivity contribution in [3.63, 3.8) is 0 Å². The lowest BCUT2D eigenvalue weighted by molar-refractivity contribution is 0.0972. The Kier molecular flexibility index (Phi) is 4.45. The van der Waals surface area contributed by atoms with Gasteiger partial charge in [0.05, 0.1) is 5.69 Å². The van der Waals surface area contributed by atoms with Gasteiger partial charge >= 0.3 is 0 Å². The lowest BCUT2D eigenvalue weighted by Crippen LogP contribution is -2.46. The van der Waals surface area contributed by atoms with Crippen LogP contribution in [0.4, 0.5) is 0 Å². The summed E-state index contributed by atoms with van der Waals surface area (Å²) in [5.74, 6) is 0. The van der Waals surface area contributed by atoms with Crippen molar-refractivity contribution in [2.75, 3.05) is 26.2 Å². The van der Waals surface area contributed by atoms with Gasteiger partial charge in [-0.25, -0.2) is 0 Å². The second-order valence-electron chi connectivity index (χ2n) is 5.37. The van der Waals surface area contributed by atoms with Crippen LogP contribution in [0.15, 0.2) is 41.2 Å². The third-order valence-electron chi connectivity index (χ3n) is 4.09. The van der Waals surface area contributed by atoms with E-state index in [1.165, 1.54) is 11.3 Å². The number of piperazine rings is 1. The molecule has 0 amide bonds.